The number of allylic oxidation sites excluding steroid dienone is 1. The number of fused-ring (bicyclic) bond motifs is 2. The Morgan fingerprint density at radius 2 is 2.15 bits per heavy atom. The number of carboxylic acid groups (broad SMARTS) is 1. The van der Waals surface area contributed by atoms with Crippen molar-refractivity contribution in [3.8, 4) is 0 Å². The average Bonchev–Trinajstić information content (AvgIpc) is 3.21. The van der Waals surface area contributed by atoms with Crippen molar-refractivity contribution >= 4 is 40.1 Å². The van der Waals surface area contributed by atoms with Gasteiger partial charge in [-0.3, -0.25) is 9.67 Å². The van der Waals surface area contributed by atoms with E-state index in [-0.39, 0.29) is 0 Å². The molecule has 6 heteroatoms. The zero-order valence-corrected chi connectivity index (χ0v) is 14.7. The number of aromatic nitrogens is 3. The van der Waals surface area contributed by atoms with Crippen molar-refractivity contribution in [2.75, 3.05) is 0 Å². The molecule has 5 rings (SSSR count). The van der Waals surface area contributed by atoms with Gasteiger partial charge < -0.3 is 5.11 Å². The first-order valence-electron chi connectivity index (χ1n) is 8.68. The molecule has 1 fully saturated rings. The average molecular weight is 366 g/mol. The van der Waals surface area contributed by atoms with Crippen molar-refractivity contribution < 1.29 is 9.90 Å². The fraction of sp³-hybridized carbons (Fsp3) is 0.250. The van der Waals surface area contributed by atoms with E-state index in [2.05, 4.69) is 4.98 Å². The number of aromatic carboxylic acids is 1. The number of pyridine rings is 1. The summed E-state index contributed by atoms with van der Waals surface area (Å²) < 4.78 is 2.05. The van der Waals surface area contributed by atoms with Gasteiger partial charge in [-0.2, -0.15) is 5.10 Å². The number of rotatable bonds is 4. The van der Waals surface area contributed by atoms with E-state index < -0.39 is 5.97 Å². The van der Waals surface area contributed by atoms with Gasteiger partial charge in [-0.15, -0.1) is 0 Å². The van der Waals surface area contributed by atoms with Crippen LogP contribution in [0.5, 0.6) is 0 Å². The van der Waals surface area contributed by atoms with E-state index in [1.54, 1.807) is 12.3 Å². The highest BCUT2D eigenvalue weighted by Crippen LogP contribution is 2.37. The SMILES string of the molecule is O=C(O)c1ccnc2c1CC(c1nn(CC3CC3)c3cc(Cl)ccc13)=C2. The number of benzene rings is 1. The predicted molar refractivity (Wildman–Crippen MR) is 100 cm³/mol. The van der Waals surface area contributed by atoms with E-state index in [0.29, 0.717) is 22.9 Å². The van der Waals surface area contributed by atoms with Crippen LogP contribution in [0.3, 0.4) is 0 Å². The summed E-state index contributed by atoms with van der Waals surface area (Å²) >= 11 is 6.21. The van der Waals surface area contributed by atoms with Gasteiger partial charge in [0.05, 0.1) is 22.5 Å². The van der Waals surface area contributed by atoms with Crippen molar-refractivity contribution in [3.05, 3.63) is 58.0 Å². The van der Waals surface area contributed by atoms with Crippen LogP contribution in [-0.4, -0.2) is 25.8 Å². The van der Waals surface area contributed by atoms with Crippen LogP contribution in [0.2, 0.25) is 5.02 Å². The molecule has 2 aliphatic carbocycles. The number of carbonyl (C=O) groups is 1. The second kappa shape index (κ2) is 5.68. The lowest BCUT2D eigenvalue weighted by Gasteiger charge is -2.03. The molecule has 2 aromatic heterocycles. The summed E-state index contributed by atoms with van der Waals surface area (Å²) in [6.45, 7) is 0.899. The van der Waals surface area contributed by atoms with Crippen molar-refractivity contribution in [2.45, 2.75) is 25.8 Å². The van der Waals surface area contributed by atoms with Crippen LogP contribution in [0, 0.1) is 5.92 Å². The monoisotopic (exact) mass is 365 g/mol. The number of hydrogen-bond acceptors (Lipinski definition) is 3. The summed E-state index contributed by atoms with van der Waals surface area (Å²) in [5, 5.41) is 16.0. The smallest absolute Gasteiger partial charge is 0.336 e. The van der Waals surface area contributed by atoms with Crippen molar-refractivity contribution in [2.24, 2.45) is 5.92 Å². The Hall–Kier alpha value is -2.66. The van der Waals surface area contributed by atoms with E-state index in [1.165, 1.54) is 12.8 Å². The molecule has 1 saturated carbocycles. The van der Waals surface area contributed by atoms with Crippen LogP contribution in [0.15, 0.2) is 30.5 Å². The maximum atomic E-state index is 11.5. The zero-order chi connectivity index (χ0) is 17.8. The van der Waals surface area contributed by atoms with Crippen molar-refractivity contribution in [3.63, 3.8) is 0 Å². The molecule has 0 spiro atoms. The molecule has 0 radical (unpaired) electrons. The van der Waals surface area contributed by atoms with Gasteiger partial charge in [-0.05, 0) is 60.2 Å². The minimum absolute atomic E-state index is 0.311. The molecule has 3 aromatic rings. The summed E-state index contributed by atoms with van der Waals surface area (Å²) in [6, 6.07) is 7.39. The van der Waals surface area contributed by atoms with Crippen molar-refractivity contribution in [1.29, 1.82) is 0 Å². The molecule has 1 N–H and O–H groups in total. The van der Waals surface area contributed by atoms with Crippen LogP contribution in [0.25, 0.3) is 22.6 Å². The maximum Gasteiger partial charge on any atom is 0.336 e. The van der Waals surface area contributed by atoms with Gasteiger partial charge in [-0.1, -0.05) is 11.6 Å². The van der Waals surface area contributed by atoms with Crippen LogP contribution in [0.1, 0.15) is 40.2 Å². The van der Waals surface area contributed by atoms with E-state index in [4.69, 9.17) is 16.7 Å². The minimum atomic E-state index is -0.922. The third-order valence-corrected chi connectivity index (χ3v) is 5.38. The van der Waals surface area contributed by atoms with Gasteiger partial charge in [0.2, 0.25) is 0 Å². The Bertz CT molecular complexity index is 1100. The zero-order valence-electron chi connectivity index (χ0n) is 13.9. The van der Waals surface area contributed by atoms with Crippen LogP contribution in [0.4, 0.5) is 0 Å². The molecule has 0 atom stereocenters. The number of carboxylic acids is 1. The summed E-state index contributed by atoms with van der Waals surface area (Å²) in [6.07, 6.45) is 6.53. The molecule has 5 nitrogen and oxygen atoms in total. The molecule has 0 bridgehead atoms. The largest absolute Gasteiger partial charge is 0.478 e. The molecule has 2 heterocycles. The Labute approximate surface area is 154 Å². The predicted octanol–water partition coefficient (Wildman–Crippen LogP) is 4.29. The summed E-state index contributed by atoms with van der Waals surface area (Å²) in [7, 11) is 0. The molecule has 130 valence electrons. The highest BCUT2D eigenvalue weighted by molar-refractivity contribution is 6.31. The summed E-state index contributed by atoms with van der Waals surface area (Å²) in [5.41, 5.74) is 4.72. The third kappa shape index (κ3) is 2.51. The van der Waals surface area contributed by atoms with Crippen molar-refractivity contribution in [1.82, 2.24) is 14.8 Å². The Balaban J connectivity index is 1.62. The number of halogens is 1. The molecule has 26 heavy (non-hydrogen) atoms. The lowest BCUT2D eigenvalue weighted by molar-refractivity contribution is 0.0695. The third-order valence-electron chi connectivity index (χ3n) is 5.14. The second-order valence-electron chi connectivity index (χ2n) is 7.01. The lowest BCUT2D eigenvalue weighted by atomic mass is 10.0. The van der Waals surface area contributed by atoms with Gasteiger partial charge in [0.1, 0.15) is 0 Å². The molecule has 2 aliphatic rings. The highest BCUT2D eigenvalue weighted by Gasteiger charge is 2.27. The molecule has 0 saturated heterocycles. The topological polar surface area (TPSA) is 68.0 Å². The van der Waals surface area contributed by atoms with E-state index in [9.17, 15) is 9.90 Å². The van der Waals surface area contributed by atoms with Gasteiger partial charge in [0, 0.05) is 29.6 Å². The standard InChI is InChI=1S/C20H16ClN3O2/c21-13-3-4-15-18(9-13)24(10-11-1-2-11)23-19(15)12-7-16-14(20(25)26)5-6-22-17(16)8-12/h3-6,8-9,11H,1-2,7,10H2,(H,25,26). The molecule has 0 unspecified atom stereocenters. The molecule has 1 aromatic carbocycles. The van der Waals surface area contributed by atoms with Gasteiger partial charge >= 0.3 is 5.97 Å². The maximum absolute atomic E-state index is 11.5. The van der Waals surface area contributed by atoms with E-state index in [1.807, 2.05) is 29.0 Å². The summed E-state index contributed by atoms with van der Waals surface area (Å²) in [5.74, 6) is -0.228. The molecular weight excluding hydrogens is 350 g/mol. The van der Waals surface area contributed by atoms with Gasteiger partial charge in [-0.25, -0.2) is 4.79 Å². The second-order valence-corrected chi connectivity index (χ2v) is 7.45. The van der Waals surface area contributed by atoms with E-state index >= 15 is 0 Å². The Morgan fingerprint density at radius 3 is 2.92 bits per heavy atom. The number of nitrogens with zero attached hydrogens (tertiary/aromatic N) is 3. The molecular formula is C20H16ClN3O2. The van der Waals surface area contributed by atoms with Crippen LogP contribution >= 0.6 is 11.6 Å². The molecule has 0 amide bonds. The van der Waals surface area contributed by atoms with Gasteiger partial charge in [0.25, 0.3) is 0 Å². The Kier molecular flexibility index (Phi) is 3.40. The summed E-state index contributed by atoms with van der Waals surface area (Å²) in [4.78, 5) is 15.8. The number of hydrogen-bond donors (Lipinski definition) is 1. The normalized spacial score (nSPS) is 16.0. The fourth-order valence-electron chi connectivity index (χ4n) is 3.65. The fourth-order valence-corrected chi connectivity index (χ4v) is 3.81. The molecule has 0 aliphatic heterocycles. The van der Waals surface area contributed by atoms with E-state index in [0.717, 1.165) is 40.0 Å². The first-order chi connectivity index (χ1) is 12.6. The first-order valence-corrected chi connectivity index (χ1v) is 9.06. The van der Waals surface area contributed by atoms with Gasteiger partial charge in [0.15, 0.2) is 0 Å². The van der Waals surface area contributed by atoms with Crippen LogP contribution < -0.4 is 0 Å². The van der Waals surface area contributed by atoms with Crippen LogP contribution in [-0.2, 0) is 13.0 Å². The Morgan fingerprint density at radius 1 is 1.31 bits per heavy atom. The lowest BCUT2D eigenvalue weighted by Crippen LogP contribution is -2.04. The highest BCUT2D eigenvalue weighted by atomic mass is 35.5. The minimum Gasteiger partial charge on any atom is -0.478 e. The quantitative estimate of drug-likeness (QED) is 0.748. The first kappa shape index (κ1) is 15.6.